The van der Waals surface area contributed by atoms with E-state index in [4.69, 9.17) is 16.9 Å². The predicted octanol–water partition coefficient (Wildman–Crippen LogP) is -1.85. The van der Waals surface area contributed by atoms with Crippen molar-refractivity contribution in [2.45, 2.75) is 64.2 Å². The molecule has 4 atom stereocenters. The highest BCUT2D eigenvalue weighted by Crippen LogP contribution is 2.08. The molecule has 14 heteroatoms. The minimum atomic E-state index is -1.25. The van der Waals surface area contributed by atoms with E-state index in [1.807, 2.05) is 0 Å². The Kier molecular flexibility index (Phi) is 14.0. The normalized spacial score (nSPS) is 13.8. The highest BCUT2D eigenvalue weighted by Gasteiger charge is 2.31. The van der Waals surface area contributed by atoms with Crippen molar-refractivity contribution in [3.8, 4) is 0 Å². The topological polar surface area (TPSA) is 242 Å². The summed E-state index contributed by atoms with van der Waals surface area (Å²) in [5.41, 5.74) is 11.4. The number of guanidine groups is 1. The monoisotopic (exact) mass is 548 g/mol. The standard InChI is InChI=1S/C25H40N8O6/c1-14(2)20(33-19(34)13-30-21(35)15(3)26)23(37)32-18(12-16-8-5-4-6-9-16)22(36)31-17(24(38)39)10-7-11-29-25(27)28/h4-6,8-9,14-15,17-18,20H,7,10-13,26H2,1-3H3,(H,30,35)(H,31,36)(H,32,37)(H,33,34)(H,38,39)(H4,27,28,29)/t15-,17-,18-,20-/m0/s1. The summed E-state index contributed by atoms with van der Waals surface area (Å²) in [6.07, 6.45) is 0.443. The lowest BCUT2D eigenvalue weighted by molar-refractivity contribution is -0.142. The predicted molar refractivity (Wildman–Crippen MR) is 144 cm³/mol. The van der Waals surface area contributed by atoms with Crippen molar-refractivity contribution in [1.29, 1.82) is 5.41 Å². The number of nitrogens with two attached hydrogens (primary N) is 2. The lowest BCUT2D eigenvalue weighted by Gasteiger charge is -2.26. The molecule has 0 unspecified atom stereocenters. The summed E-state index contributed by atoms with van der Waals surface area (Å²) < 4.78 is 0. The van der Waals surface area contributed by atoms with E-state index >= 15 is 0 Å². The molecule has 216 valence electrons. The van der Waals surface area contributed by atoms with Gasteiger partial charge in [-0.15, -0.1) is 0 Å². The van der Waals surface area contributed by atoms with Crippen molar-refractivity contribution in [3.05, 3.63) is 35.9 Å². The Balaban J connectivity index is 2.99. The first kappa shape index (κ1) is 32.8. The van der Waals surface area contributed by atoms with Crippen LogP contribution in [-0.4, -0.2) is 77.9 Å². The highest BCUT2D eigenvalue weighted by molar-refractivity contribution is 5.94. The van der Waals surface area contributed by atoms with Gasteiger partial charge in [0.05, 0.1) is 12.6 Å². The van der Waals surface area contributed by atoms with E-state index in [9.17, 15) is 29.1 Å². The van der Waals surface area contributed by atoms with Crippen LogP contribution in [0.4, 0.5) is 0 Å². The summed E-state index contributed by atoms with van der Waals surface area (Å²) in [6.45, 7) is 4.73. The first-order chi connectivity index (χ1) is 18.3. The number of hydrogen-bond acceptors (Lipinski definition) is 7. The van der Waals surface area contributed by atoms with Gasteiger partial charge < -0.3 is 43.2 Å². The molecule has 14 nitrogen and oxygen atoms in total. The smallest absolute Gasteiger partial charge is 0.326 e. The molecule has 0 radical (unpaired) electrons. The molecule has 0 fully saturated rings. The summed E-state index contributed by atoms with van der Waals surface area (Å²) in [5, 5.41) is 29.4. The molecule has 39 heavy (non-hydrogen) atoms. The molecule has 0 bridgehead atoms. The van der Waals surface area contributed by atoms with E-state index < -0.39 is 53.8 Å². The van der Waals surface area contributed by atoms with Gasteiger partial charge in [0.15, 0.2) is 5.96 Å². The zero-order valence-electron chi connectivity index (χ0n) is 22.5. The molecule has 0 saturated carbocycles. The van der Waals surface area contributed by atoms with E-state index in [1.165, 1.54) is 6.92 Å². The third-order valence-corrected chi connectivity index (χ3v) is 5.62. The van der Waals surface area contributed by atoms with Gasteiger partial charge in [-0.25, -0.2) is 4.79 Å². The second kappa shape index (κ2) is 16.6. The van der Waals surface area contributed by atoms with E-state index in [0.717, 1.165) is 5.56 Å². The van der Waals surface area contributed by atoms with Gasteiger partial charge in [0.2, 0.25) is 23.6 Å². The number of hydrogen-bond donors (Lipinski definition) is 9. The van der Waals surface area contributed by atoms with E-state index in [0.29, 0.717) is 6.42 Å². The first-order valence-electron chi connectivity index (χ1n) is 12.6. The first-order valence-corrected chi connectivity index (χ1v) is 12.6. The van der Waals surface area contributed by atoms with Crippen molar-refractivity contribution in [1.82, 2.24) is 26.6 Å². The van der Waals surface area contributed by atoms with Crippen molar-refractivity contribution in [3.63, 3.8) is 0 Å². The summed E-state index contributed by atoms with van der Waals surface area (Å²) in [7, 11) is 0. The molecule has 0 aliphatic heterocycles. The molecule has 1 aromatic carbocycles. The number of carboxylic acids is 1. The van der Waals surface area contributed by atoms with Crippen LogP contribution in [0.2, 0.25) is 0 Å². The number of aliphatic carboxylic acids is 1. The van der Waals surface area contributed by atoms with Crippen molar-refractivity contribution < 1.29 is 29.1 Å². The van der Waals surface area contributed by atoms with Crippen LogP contribution < -0.4 is 38.1 Å². The third-order valence-electron chi connectivity index (χ3n) is 5.62. The summed E-state index contributed by atoms with van der Waals surface area (Å²) in [6, 6.07) is 4.62. The molecular weight excluding hydrogens is 508 g/mol. The summed E-state index contributed by atoms with van der Waals surface area (Å²) in [5.74, 6) is -4.38. The van der Waals surface area contributed by atoms with E-state index in [-0.39, 0.29) is 37.8 Å². The zero-order valence-corrected chi connectivity index (χ0v) is 22.5. The second-order valence-electron chi connectivity index (χ2n) is 9.43. The van der Waals surface area contributed by atoms with E-state index in [2.05, 4.69) is 26.6 Å². The number of amides is 4. The molecule has 11 N–H and O–H groups in total. The molecule has 1 rings (SSSR count). The molecular formula is C25H40N8O6. The Morgan fingerprint density at radius 2 is 1.51 bits per heavy atom. The van der Waals surface area contributed by atoms with Gasteiger partial charge in [0.1, 0.15) is 18.1 Å². The molecule has 0 saturated heterocycles. The fraction of sp³-hybridized carbons (Fsp3) is 0.520. The fourth-order valence-corrected chi connectivity index (χ4v) is 3.47. The van der Waals surface area contributed by atoms with Crippen LogP contribution in [0, 0.1) is 11.3 Å². The van der Waals surface area contributed by atoms with Crippen LogP contribution in [0.25, 0.3) is 0 Å². The van der Waals surface area contributed by atoms with Crippen molar-refractivity contribution >= 4 is 35.6 Å². The highest BCUT2D eigenvalue weighted by atomic mass is 16.4. The minimum Gasteiger partial charge on any atom is -0.480 e. The largest absolute Gasteiger partial charge is 0.480 e. The number of nitrogens with one attached hydrogen (secondary N) is 6. The number of carboxylic acid groups (broad SMARTS) is 1. The molecule has 0 aliphatic rings. The second-order valence-corrected chi connectivity index (χ2v) is 9.43. The van der Waals surface area contributed by atoms with Gasteiger partial charge in [-0.05, 0) is 31.2 Å². The van der Waals surface area contributed by atoms with Crippen LogP contribution in [0.5, 0.6) is 0 Å². The maximum atomic E-state index is 13.2. The average molecular weight is 549 g/mol. The van der Waals surface area contributed by atoms with Gasteiger partial charge in [0, 0.05) is 13.0 Å². The Bertz CT molecular complexity index is 1000. The van der Waals surface area contributed by atoms with Crippen LogP contribution >= 0.6 is 0 Å². The minimum absolute atomic E-state index is 0.0607. The Labute approximate surface area is 227 Å². The Morgan fingerprint density at radius 1 is 0.897 bits per heavy atom. The molecule has 0 heterocycles. The summed E-state index contributed by atoms with van der Waals surface area (Å²) in [4.78, 5) is 62.2. The number of benzene rings is 1. The summed E-state index contributed by atoms with van der Waals surface area (Å²) >= 11 is 0. The van der Waals surface area contributed by atoms with Crippen LogP contribution in [0.15, 0.2) is 30.3 Å². The lowest BCUT2D eigenvalue weighted by Crippen LogP contribution is -2.58. The molecule has 0 aliphatic carbocycles. The SMILES string of the molecule is CC(C)[C@H](NC(=O)CNC(=O)[C@H](C)N)C(=O)N[C@@H](Cc1ccccc1)C(=O)N[C@@H](CCCNC(=N)N)C(=O)O. The van der Waals surface area contributed by atoms with E-state index in [1.54, 1.807) is 44.2 Å². The number of carbonyl (C=O) groups is 5. The van der Waals surface area contributed by atoms with Gasteiger partial charge in [-0.2, -0.15) is 0 Å². The van der Waals surface area contributed by atoms with Gasteiger partial charge in [-0.1, -0.05) is 44.2 Å². The van der Waals surface area contributed by atoms with Crippen molar-refractivity contribution in [2.75, 3.05) is 13.1 Å². The quantitative estimate of drug-likeness (QED) is 0.0638. The fourth-order valence-electron chi connectivity index (χ4n) is 3.47. The van der Waals surface area contributed by atoms with Gasteiger partial charge >= 0.3 is 5.97 Å². The Morgan fingerprint density at radius 3 is 2.05 bits per heavy atom. The average Bonchev–Trinajstić information content (AvgIpc) is 2.86. The number of rotatable bonds is 16. The van der Waals surface area contributed by atoms with Crippen LogP contribution in [-0.2, 0) is 30.4 Å². The maximum absolute atomic E-state index is 13.2. The molecule has 0 aromatic heterocycles. The van der Waals surface area contributed by atoms with Gasteiger partial charge in [-0.3, -0.25) is 24.6 Å². The van der Waals surface area contributed by atoms with Crippen LogP contribution in [0.1, 0.15) is 39.2 Å². The van der Waals surface area contributed by atoms with Gasteiger partial charge in [0.25, 0.3) is 0 Å². The Hall–Kier alpha value is -4.20. The lowest BCUT2D eigenvalue weighted by atomic mass is 10.0. The molecule has 0 spiro atoms. The molecule has 1 aromatic rings. The maximum Gasteiger partial charge on any atom is 0.326 e. The van der Waals surface area contributed by atoms with Crippen LogP contribution in [0.3, 0.4) is 0 Å². The number of carbonyl (C=O) groups excluding carboxylic acids is 4. The zero-order chi connectivity index (χ0) is 29.5. The van der Waals surface area contributed by atoms with Crippen molar-refractivity contribution in [2.24, 2.45) is 17.4 Å². The third kappa shape index (κ3) is 12.7. The molecule has 4 amide bonds.